The minimum absolute atomic E-state index is 0.165. The predicted molar refractivity (Wildman–Crippen MR) is 79.9 cm³/mol. The molecule has 4 N–H and O–H groups in total. The van der Waals surface area contributed by atoms with Gasteiger partial charge in [0.15, 0.2) is 11.6 Å². The zero-order chi connectivity index (χ0) is 14.3. The van der Waals surface area contributed by atoms with Crippen molar-refractivity contribution >= 4 is 27.8 Å². The molecule has 0 bridgehead atoms. The Labute approximate surface area is 116 Å². The number of aromatic nitrogens is 3. The van der Waals surface area contributed by atoms with Gasteiger partial charge in [-0.25, -0.2) is 14.6 Å². The summed E-state index contributed by atoms with van der Waals surface area (Å²) in [7, 11) is 0. The van der Waals surface area contributed by atoms with Crippen molar-refractivity contribution in [2.45, 2.75) is 26.5 Å². The van der Waals surface area contributed by atoms with Gasteiger partial charge in [0.25, 0.3) is 0 Å². The quantitative estimate of drug-likeness (QED) is 0.673. The highest BCUT2D eigenvalue weighted by atomic mass is 16.3. The Morgan fingerprint density at radius 3 is 2.75 bits per heavy atom. The van der Waals surface area contributed by atoms with Gasteiger partial charge in [-0.15, -0.1) is 0 Å². The summed E-state index contributed by atoms with van der Waals surface area (Å²) < 4.78 is 1.81. The molecule has 0 saturated carbocycles. The maximum atomic E-state index is 9.51. The molecule has 0 saturated heterocycles. The van der Waals surface area contributed by atoms with Gasteiger partial charge in [-0.05, 0) is 19.9 Å². The van der Waals surface area contributed by atoms with E-state index in [4.69, 9.17) is 5.73 Å². The van der Waals surface area contributed by atoms with E-state index in [1.54, 1.807) is 4.68 Å². The first-order valence-electron chi connectivity index (χ1n) is 6.54. The maximum Gasteiger partial charge on any atom is 0.154 e. The van der Waals surface area contributed by atoms with E-state index in [-0.39, 0.29) is 12.6 Å². The number of anilines is 1. The highest BCUT2D eigenvalue weighted by Crippen LogP contribution is 2.28. The molecule has 0 aliphatic rings. The number of nitrogens with one attached hydrogen (secondary N) is 1. The van der Waals surface area contributed by atoms with Gasteiger partial charge in [0.05, 0.1) is 5.52 Å². The van der Waals surface area contributed by atoms with Crippen LogP contribution in [-0.2, 0) is 6.61 Å². The molecule has 104 valence electrons. The molecule has 0 amide bonds. The number of nitrogen functional groups attached to an aromatic ring is 1. The molecule has 0 aliphatic carbocycles. The Hall–Kier alpha value is -2.34. The van der Waals surface area contributed by atoms with Crippen LogP contribution in [0.3, 0.4) is 0 Å². The van der Waals surface area contributed by atoms with E-state index >= 15 is 0 Å². The molecule has 6 nitrogen and oxygen atoms in total. The molecule has 2 aromatic heterocycles. The van der Waals surface area contributed by atoms with E-state index in [9.17, 15) is 5.11 Å². The van der Waals surface area contributed by atoms with Crippen LogP contribution in [0, 0.1) is 0 Å². The van der Waals surface area contributed by atoms with E-state index in [1.807, 2.05) is 38.1 Å². The van der Waals surface area contributed by atoms with Crippen molar-refractivity contribution in [1.29, 1.82) is 0 Å². The van der Waals surface area contributed by atoms with Crippen LogP contribution in [0.25, 0.3) is 21.9 Å². The third-order valence-electron chi connectivity index (χ3n) is 3.12. The molecular weight excluding hydrogens is 254 g/mol. The molecule has 3 aromatic rings. The van der Waals surface area contributed by atoms with E-state index in [0.29, 0.717) is 17.2 Å². The number of nitrogens with zero attached hydrogens (tertiary/aromatic N) is 3. The Kier molecular flexibility index (Phi) is 2.94. The van der Waals surface area contributed by atoms with Crippen LogP contribution >= 0.6 is 0 Å². The van der Waals surface area contributed by atoms with Crippen molar-refractivity contribution < 1.29 is 5.11 Å². The van der Waals surface area contributed by atoms with Gasteiger partial charge in [-0.1, -0.05) is 18.2 Å². The average Bonchev–Trinajstić information content (AvgIpc) is 2.78. The normalized spacial score (nSPS) is 11.6. The zero-order valence-electron chi connectivity index (χ0n) is 11.5. The molecule has 20 heavy (non-hydrogen) atoms. The fourth-order valence-corrected chi connectivity index (χ4v) is 2.35. The van der Waals surface area contributed by atoms with Crippen LogP contribution in [0.5, 0.6) is 0 Å². The van der Waals surface area contributed by atoms with Gasteiger partial charge >= 0.3 is 0 Å². The highest BCUT2D eigenvalue weighted by molar-refractivity contribution is 6.06. The van der Waals surface area contributed by atoms with E-state index < -0.39 is 0 Å². The SMILES string of the molecule is CC(C)Nn1c(CO)nc2c(N)nc3ccccc3c21. The number of aliphatic hydroxyl groups is 1. The van der Waals surface area contributed by atoms with Crippen molar-refractivity contribution in [3.8, 4) is 0 Å². The first kappa shape index (κ1) is 12.7. The minimum atomic E-state index is -0.165. The van der Waals surface area contributed by atoms with Crippen LogP contribution in [0.4, 0.5) is 5.82 Å². The van der Waals surface area contributed by atoms with Crippen molar-refractivity contribution in [1.82, 2.24) is 14.6 Å². The van der Waals surface area contributed by atoms with Crippen molar-refractivity contribution in [3.05, 3.63) is 30.1 Å². The Balaban J connectivity index is 2.44. The number of rotatable bonds is 3. The highest BCUT2D eigenvalue weighted by Gasteiger charge is 2.17. The van der Waals surface area contributed by atoms with Crippen LogP contribution in [0.2, 0.25) is 0 Å². The van der Waals surface area contributed by atoms with Crippen LogP contribution in [-0.4, -0.2) is 25.8 Å². The fourth-order valence-electron chi connectivity index (χ4n) is 2.35. The van der Waals surface area contributed by atoms with Gasteiger partial charge in [-0.3, -0.25) is 0 Å². The second-order valence-corrected chi connectivity index (χ2v) is 5.02. The minimum Gasteiger partial charge on any atom is -0.388 e. The number of aliphatic hydroxyl groups excluding tert-OH is 1. The molecule has 2 heterocycles. The standard InChI is InChI=1S/C14H17N5O/c1-8(2)18-19-11(7-20)17-12-13(19)9-5-3-4-6-10(9)16-14(12)15/h3-6,8,18,20H,7H2,1-2H3,(H2,15,16). The lowest BCUT2D eigenvalue weighted by molar-refractivity contribution is 0.268. The monoisotopic (exact) mass is 271 g/mol. The molecule has 0 unspecified atom stereocenters. The Morgan fingerprint density at radius 2 is 2.05 bits per heavy atom. The summed E-state index contributed by atoms with van der Waals surface area (Å²) in [5.74, 6) is 0.899. The summed E-state index contributed by atoms with van der Waals surface area (Å²) in [6, 6.07) is 7.96. The third-order valence-corrected chi connectivity index (χ3v) is 3.12. The van der Waals surface area contributed by atoms with Crippen molar-refractivity contribution in [3.63, 3.8) is 0 Å². The molecule has 0 radical (unpaired) electrons. The van der Waals surface area contributed by atoms with Gasteiger partial charge in [0.1, 0.15) is 17.6 Å². The van der Waals surface area contributed by atoms with E-state index in [2.05, 4.69) is 15.4 Å². The smallest absolute Gasteiger partial charge is 0.154 e. The summed E-state index contributed by atoms with van der Waals surface area (Å²) in [6.45, 7) is 3.89. The van der Waals surface area contributed by atoms with Gasteiger partial charge in [0, 0.05) is 11.4 Å². The lowest BCUT2D eigenvalue weighted by Gasteiger charge is -2.15. The topological polar surface area (TPSA) is 89.0 Å². The molecule has 0 aliphatic heterocycles. The number of fused-ring (bicyclic) bond motifs is 3. The summed E-state index contributed by atoms with van der Waals surface area (Å²) in [4.78, 5) is 8.76. The van der Waals surface area contributed by atoms with E-state index in [0.717, 1.165) is 16.4 Å². The first-order valence-corrected chi connectivity index (χ1v) is 6.54. The number of imidazole rings is 1. The maximum absolute atomic E-state index is 9.51. The van der Waals surface area contributed by atoms with Crippen molar-refractivity contribution in [2.24, 2.45) is 0 Å². The molecule has 0 atom stereocenters. The van der Waals surface area contributed by atoms with E-state index in [1.165, 1.54) is 0 Å². The molecular formula is C14H17N5O. The number of para-hydroxylation sites is 1. The largest absolute Gasteiger partial charge is 0.388 e. The summed E-state index contributed by atoms with van der Waals surface area (Å²) >= 11 is 0. The molecule has 6 heteroatoms. The Bertz CT molecular complexity index is 778. The molecule has 0 fully saturated rings. The molecule has 1 aromatic carbocycles. The van der Waals surface area contributed by atoms with Crippen molar-refractivity contribution in [2.75, 3.05) is 11.2 Å². The molecule has 0 spiro atoms. The third kappa shape index (κ3) is 1.85. The number of hydrogen-bond donors (Lipinski definition) is 3. The van der Waals surface area contributed by atoms with Gasteiger partial charge in [-0.2, -0.15) is 0 Å². The number of pyridine rings is 1. The zero-order valence-corrected chi connectivity index (χ0v) is 11.5. The lowest BCUT2D eigenvalue weighted by Crippen LogP contribution is -2.24. The number of hydrogen-bond acceptors (Lipinski definition) is 5. The summed E-state index contributed by atoms with van der Waals surface area (Å²) in [5.41, 5.74) is 11.5. The Morgan fingerprint density at radius 1 is 1.30 bits per heavy atom. The van der Waals surface area contributed by atoms with Gasteiger partial charge < -0.3 is 16.3 Å². The number of nitrogens with two attached hydrogens (primary N) is 1. The van der Waals surface area contributed by atoms with Gasteiger partial charge in [0.2, 0.25) is 0 Å². The molecule has 3 rings (SSSR count). The van der Waals surface area contributed by atoms with Crippen LogP contribution < -0.4 is 11.2 Å². The lowest BCUT2D eigenvalue weighted by atomic mass is 10.2. The predicted octanol–water partition coefficient (Wildman–Crippen LogP) is 1.61. The summed E-state index contributed by atoms with van der Waals surface area (Å²) in [5, 5.41) is 10.5. The second kappa shape index (κ2) is 4.64. The van der Waals surface area contributed by atoms with Crippen LogP contribution in [0.1, 0.15) is 19.7 Å². The second-order valence-electron chi connectivity index (χ2n) is 5.02. The number of benzene rings is 1. The first-order chi connectivity index (χ1) is 9.61. The summed E-state index contributed by atoms with van der Waals surface area (Å²) in [6.07, 6.45) is 0. The fraction of sp³-hybridized carbons (Fsp3) is 0.286. The average molecular weight is 271 g/mol. The van der Waals surface area contributed by atoms with Crippen LogP contribution in [0.15, 0.2) is 24.3 Å².